The highest BCUT2D eigenvalue weighted by Crippen LogP contribution is 2.28. The second kappa shape index (κ2) is 5.19. The molecule has 16 heavy (non-hydrogen) atoms. The lowest BCUT2D eigenvalue weighted by Crippen LogP contribution is -2.34. The average Bonchev–Trinajstić information content (AvgIpc) is 2.27. The molecule has 1 aromatic carbocycles. The Balaban J connectivity index is 2.10. The monoisotopic (exact) mass is 284 g/mol. The van der Waals surface area contributed by atoms with Crippen LogP contribution < -0.4 is 4.74 Å². The number of aryl methyl sites for hydroxylation is 1. The molecule has 2 nitrogen and oxygen atoms in total. The van der Waals surface area contributed by atoms with Crippen molar-refractivity contribution in [2.75, 3.05) is 0 Å². The van der Waals surface area contributed by atoms with Crippen LogP contribution in [0.5, 0.6) is 5.75 Å². The Bertz CT molecular complexity index is 365. The van der Waals surface area contributed by atoms with Crippen molar-refractivity contribution in [3.63, 3.8) is 0 Å². The predicted octanol–water partition coefficient (Wildman–Crippen LogP) is 3.44. The first-order chi connectivity index (χ1) is 7.66. The molecule has 1 N–H and O–H groups in total. The zero-order valence-corrected chi connectivity index (χ0v) is 11.0. The van der Waals surface area contributed by atoms with Crippen molar-refractivity contribution in [2.24, 2.45) is 0 Å². The third-order valence-corrected chi connectivity index (χ3v) is 3.59. The van der Waals surface area contributed by atoms with Crippen molar-refractivity contribution in [3.05, 3.63) is 28.2 Å². The molecule has 1 aromatic rings. The Morgan fingerprint density at radius 2 is 2.06 bits per heavy atom. The largest absolute Gasteiger partial charge is 0.487 e. The Kier molecular flexibility index (Phi) is 3.87. The van der Waals surface area contributed by atoms with Crippen LogP contribution in [0, 0.1) is 6.92 Å². The molecule has 1 aliphatic carbocycles. The molecule has 2 atom stereocenters. The summed E-state index contributed by atoms with van der Waals surface area (Å²) in [6.07, 6.45) is 3.71. The number of halogens is 1. The second-order valence-corrected chi connectivity index (χ2v) is 5.33. The molecule has 0 aliphatic heterocycles. The first-order valence-corrected chi connectivity index (χ1v) is 6.57. The van der Waals surface area contributed by atoms with Gasteiger partial charge in [0, 0.05) is 4.47 Å². The van der Waals surface area contributed by atoms with Crippen molar-refractivity contribution in [1.82, 2.24) is 0 Å². The number of ether oxygens (including phenoxy) is 1. The minimum Gasteiger partial charge on any atom is -0.487 e. The van der Waals surface area contributed by atoms with E-state index in [1.165, 1.54) is 0 Å². The van der Waals surface area contributed by atoms with Gasteiger partial charge in [0.25, 0.3) is 0 Å². The molecule has 0 amide bonds. The fourth-order valence-corrected chi connectivity index (χ4v) is 2.42. The van der Waals surface area contributed by atoms with Crippen LogP contribution in [0.2, 0.25) is 0 Å². The molecule has 0 spiro atoms. The van der Waals surface area contributed by atoms with Crippen molar-refractivity contribution < 1.29 is 9.84 Å². The van der Waals surface area contributed by atoms with Gasteiger partial charge >= 0.3 is 0 Å². The lowest BCUT2D eigenvalue weighted by atomic mass is 9.95. The molecule has 0 bridgehead atoms. The molecular formula is C13H17BrO2. The maximum absolute atomic E-state index is 9.85. The van der Waals surface area contributed by atoms with Gasteiger partial charge in [0.2, 0.25) is 0 Å². The SMILES string of the molecule is Cc1ccc(Br)cc1OC1CCCCC1O. The van der Waals surface area contributed by atoms with E-state index in [4.69, 9.17) is 4.74 Å². The molecule has 2 rings (SSSR count). The fourth-order valence-electron chi connectivity index (χ4n) is 2.08. The standard InChI is InChI=1S/C13H17BrO2/c1-9-6-7-10(14)8-13(9)16-12-5-3-2-4-11(12)15/h6-8,11-12,15H,2-5H2,1H3. The van der Waals surface area contributed by atoms with Crippen LogP contribution in [0.25, 0.3) is 0 Å². The van der Waals surface area contributed by atoms with E-state index < -0.39 is 0 Å². The number of hydrogen-bond donors (Lipinski definition) is 1. The van der Waals surface area contributed by atoms with Crippen LogP contribution in [-0.4, -0.2) is 17.3 Å². The maximum Gasteiger partial charge on any atom is 0.124 e. The average molecular weight is 285 g/mol. The summed E-state index contributed by atoms with van der Waals surface area (Å²) in [6.45, 7) is 2.02. The first-order valence-electron chi connectivity index (χ1n) is 5.77. The van der Waals surface area contributed by atoms with E-state index >= 15 is 0 Å². The van der Waals surface area contributed by atoms with Gasteiger partial charge in [-0.3, -0.25) is 0 Å². The molecule has 0 heterocycles. The second-order valence-electron chi connectivity index (χ2n) is 4.42. The van der Waals surface area contributed by atoms with Gasteiger partial charge in [0.1, 0.15) is 11.9 Å². The quantitative estimate of drug-likeness (QED) is 0.902. The number of rotatable bonds is 2. The molecule has 1 saturated carbocycles. The molecule has 88 valence electrons. The summed E-state index contributed by atoms with van der Waals surface area (Å²) in [7, 11) is 0. The van der Waals surface area contributed by atoms with E-state index in [2.05, 4.69) is 15.9 Å². The van der Waals surface area contributed by atoms with E-state index in [1.54, 1.807) is 0 Å². The van der Waals surface area contributed by atoms with Gasteiger partial charge in [-0.05, 0) is 43.9 Å². The molecule has 0 radical (unpaired) electrons. The summed E-state index contributed by atoms with van der Waals surface area (Å²) in [5.41, 5.74) is 1.11. The van der Waals surface area contributed by atoms with Crippen molar-refractivity contribution in [1.29, 1.82) is 0 Å². The summed E-state index contributed by atoms with van der Waals surface area (Å²) < 4.78 is 6.91. The molecule has 3 heteroatoms. The summed E-state index contributed by atoms with van der Waals surface area (Å²) >= 11 is 3.43. The number of benzene rings is 1. The van der Waals surface area contributed by atoms with Crippen molar-refractivity contribution in [2.45, 2.75) is 44.8 Å². The molecular weight excluding hydrogens is 268 g/mol. The van der Waals surface area contributed by atoms with Gasteiger partial charge in [-0.1, -0.05) is 28.4 Å². The van der Waals surface area contributed by atoms with Crippen LogP contribution in [-0.2, 0) is 0 Å². The van der Waals surface area contributed by atoms with E-state index in [9.17, 15) is 5.11 Å². The summed E-state index contributed by atoms with van der Waals surface area (Å²) in [6, 6.07) is 5.99. The highest BCUT2D eigenvalue weighted by molar-refractivity contribution is 9.10. The van der Waals surface area contributed by atoms with Gasteiger partial charge in [0.05, 0.1) is 6.10 Å². The lowest BCUT2D eigenvalue weighted by molar-refractivity contribution is 0.00651. The highest BCUT2D eigenvalue weighted by atomic mass is 79.9. The van der Waals surface area contributed by atoms with E-state index in [0.717, 1.165) is 41.5 Å². The topological polar surface area (TPSA) is 29.5 Å². The van der Waals surface area contributed by atoms with E-state index in [-0.39, 0.29) is 12.2 Å². The lowest BCUT2D eigenvalue weighted by Gasteiger charge is -2.28. The first kappa shape index (κ1) is 11.9. The van der Waals surface area contributed by atoms with E-state index in [0.29, 0.717) is 0 Å². The zero-order valence-electron chi connectivity index (χ0n) is 9.45. The van der Waals surface area contributed by atoms with Crippen molar-refractivity contribution in [3.8, 4) is 5.75 Å². The third kappa shape index (κ3) is 2.77. The maximum atomic E-state index is 9.85. The third-order valence-electron chi connectivity index (χ3n) is 3.10. The Labute approximate surface area is 105 Å². The molecule has 2 unspecified atom stereocenters. The zero-order chi connectivity index (χ0) is 11.5. The predicted molar refractivity (Wildman–Crippen MR) is 67.8 cm³/mol. The number of hydrogen-bond acceptors (Lipinski definition) is 2. The molecule has 0 saturated heterocycles. The van der Waals surface area contributed by atoms with Crippen LogP contribution in [0.3, 0.4) is 0 Å². The summed E-state index contributed by atoms with van der Waals surface area (Å²) in [5, 5.41) is 9.85. The van der Waals surface area contributed by atoms with Gasteiger partial charge < -0.3 is 9.84 Å². The van der Waals surface area contributed by atoms with Crippen LogP contribution in [0.4, 0.5) is 0 Å². The van der Waals surface area contributed by atoms with Gasteiger partial charge in [-0.15, -0.1) is 0 Å². The fraction of sp³-hybridized carbons (Fsp3) is 0.538. The number of aliphatic hydroxyl groups is 1. The Hall–Kier alpha value is -0.540. The number of aliphatic hydroxyl groups excluding tert-OH is 1. The van der Waals surface area contributed by atoms with Gasteiger partial charge in [0.15, 0.2) is 0 Å². The molecule has 1 aliphatic rings. The summed E-state index contributed by atoms with van der Waals surface area (Å²) in [5.74, 6) is 0.875. The molecule has 1 fully saturated rings. The molecule has 0 aromatic heterocycles. The minimum atomic E-state index is -0.313. The van der Waals surface area contributed by atoms with Crippen LogP contribution >= 0.6 is 15.9 Å². The normalized spacial score (nSPS) is 25.4. The van der Waals surface area contributed by atoms with Crippen molar-refractivity contribution >= 4 is 15.9 Å². The van der Waals surface area contributed by atoms with Crippen LogP contribution in [0.15, 0.2) is 22.7 Å². The van der Waals surface area contributed by atoms with Crippen LogP contribution in [0.1, 0.15) is 31.2 Å². The Morgan fingerprint density at radius 1 is 1.31 bits per heavy atom. The minimum absolute atomic E-state index is 0.0400. The smallest absolute Gasteiger partial charge is 0.124 e. The van der Waals surface area contributed by atoms with Gasteiger partial charge in [-0.25, -0.2) is 0 Å². The van der Waals surface area contributed by atoms with E-state index in [1.807, 2.05) is 25.1 Å². The summed E-state index contributed by atoms with van der Waals surface area (Å²) in [4.78, 5) is 0. The highest BCUT2D eigenvalue weighted by Gasteiger charge is 2.25. The van der Waals surface area contributed by atoms with Gasteiger partial charge in [-0.2, -0.15) is 0 Å². The Morgan fingerprint density at radius 3 is 2.81 bits per heavy atom.